The number of rotatable bonds is 3. The largest absolute Gasteiger partial charge is 0.466 e. The number of hydrogen-bond donors (Lipinski definition) is 1. The number of non-ortho nitro benzene ring substituents is 1. The van der Waals surface area contributed by atoms with Crippen molar-refractivity contribution >= 4 is 11.6 Å². The number of nitro benzene ring substituents is 1. The van der Waals surface area contributed by atoms with E-state index in [0.29, 0.717) is 0 Å². The molecule has 0 spiro atoms. The highest BCUT2D eigenvalue weighted by Gasteiger charge is 2.35. The van der Waals surface area contributed by atoms with Gasteiger partial charge in [0.15, 0.2) is 0 Å². The van der Waals surface area contributed by atoms with E-state index in [2.05, 4.69) is 19.2 Å². The second kappa shape index (κ2) is 5.78. The minimum Gasteiger partial charge on any atom is -0.466 e. The van der Waals surface area contributed by atoms with Crippen molar-refractivity contribution in [3.8, 4) is 0 Å². The molecule has 1 amide bonds. The first kappa shape index (κ1) is 16.2. The summed E-state index contributed by atoms with van der Waals surface area (Å²) in [5.41, 5.74) is 1.21. The van der Waals surface area contributed by atoms with Gasteiger partial charge in [-0.25, -0.2) is 0 Å². The Morgan fingerprint density at radius 3 is 2.83 bits per heavy atom. The van der Waals surface area contributed by atoms with Crippen molar-refractivity contribution < 1.29 is 14.1 Å². The number of carbonyl (C=O) groups excluding carboxylic acids is 1. The molecule has 1 aromatic carbocycles. The fourth-order valence-electron chi connectivity index (χ4n) is 3.32. The maximum absolute atomic E-state index is 12.6. The monoisotopic (exact) mass is 328 g/mol. The molecule has 0 fully saturated rings. The molecule has 1 aliphatic carbocycles. The lowest BCUT2D eigenvalue weighted by atomic mass is 9.74. The van der Waals surface area contributed by atoms with Gasteiger partial charge in [-0.3, -0.25) is 14.9 Å². The van der Waals surface area contributed by atoms with Gasteiger partial charge in [-0.1, -0.05) is 19.9 Å². The maximum atomic E-state index is 12.6. The smallest absolute Gasteiger partial charge is 0.270 e. The van der Waals surface area contributed by atoms with Crippen LogP contribution in [0.2, 0.25) is 0 Å². The van der Waals surface area contributed by atoms with Crippen molar-refractivity contribution in [3.63, 3.8) is 0 Å². The second-order valence-corrected chi connectivity index (χ2v) is 7.11. The summed E-state index contributed by atoms with van der Waals surface area (Å²) in [6.07, 6.45) is 1.62. The molecule has 1 N–H and O–H groups in total. The summed E-state index contributed by atoms with van der Waals surface area (Å²) in [5, 5.41) is 13.9. The number of amides is 1. The Labute approximate surface area is 140 Å². The molecular weight excluding hydrogens is 308 g/mol. The summed E-state index contributed by atoms with van der Waals surface area (Å²) in [4.78, 5) is 22.9. The zero-order chi connectivity index (χ0) is 17.5. The van der Waals surface area contributed by atoms with E-state index in [1.807, 2.05) is 13.0 Å². The Bertz CT molecular complexity index is 807. The zero-order valence-corrected chi connectivity index (χ0v) is 14.0. The highest BCUT2D eigenvalue weighted by Crippen LogP contribution is 2.42. The van der Waals surface area contributed by atoms with E-state index in [1.54, 1.807) is 6.07 Å². The topological polar surface area (TPSA) is 85.4 Å². The second-order valence-electron chi connectivity index (χ2n) is 7.11. The lowest BCUT2D eigenvalue weighted by molar-refractivity contribution is -0.384. The number of nitrogens with zero attached hydrogens (tertiary/aromatic N) is 1. The maximum Gasteiger partial charge on any atom is 0.270 e. The molecule has 6 heteroatoms. The molecule has 0 saturated carbocycles. The van der Waals surface area contributed by atoms with Crippen molar-refractivity contribution in [2.75, 3.05) is 0 Å². The van der Waals surface area contributed by atoms with Gasteiger partial charge < -0.3 is 9.73 Å². The molecule has 2 aromatic rings. The standard InChI is InChI=1S/C18H20N2O4/c1-11-7-14-15(9-18(2,3)10-16(14)24-11)19-17(21)12-5-4-6-13(8-12)20(22)23/h4-8,15H,9-10H2,1-3H3,(H,19,21)/t15-/m1/s1. The van der Waals surface area contributed by atoms with Gasteiger partial charge in [0, 0.05) is 29.7 Å². The van der Waals surface area contributed by atoms with E-state index in [-0.39, 0.29) is 28.6 Å². The lowest BCUT2D eigenvalue weighted by Crippen LogP contribution is -2.36. The molecule has 0 radical (unpaired) electrons. The number of nitro groups is 1. The van der Waals surface area contributed by atoms with Crippen LogP contribution >= 0.6 is 0 Å². The zero-order valence-electron chi connectivity index (χ0n) is 14.0. The van der Waals surface area contributed by atoms with Crippen LogP contribution in [0.5, 0.6) is 0 Å². The fraction of sp³-hybridized carbons (Fsp3) is 0.389. The average molecular weight is 328 g/mol. The van der Waals surface area contributed by atoms with Gasteiger partial charge in [0.25, 0.3) is 11.6 Å². The van der Waals surface area contributed by atoms with Crippen LogP contribution in [0.1, 0.15) is 53.8 Å². The highest BCUT2D eigenvalue weighted by molar-refractivity contribution is 5.95. The van der Waals surface area contributed by atoms with Crippen LogP contribution in [-0.2, 0) is 6.42 Å². The highest BCUT2D eigenvalue weighted by atomic mass is 16.6. The van der Waals surface area contributed by atoms with E-state index in [0.717, 1.165) is 29.9 Å². The molecule has 126 valence electrons. The first-order chi connectivity index (χ1) is 11.2. The van der Waals surface area contributed by atoms with E-state index < -0.39 is 4.92 Å². The molecule has 0 unspecified atom stereocenters. The van der Waals surface area contributed by atoms with Gasteiger partial charge in [0.05, 0.1) is 11.0 Å². The molecule has 24 heavy (non-hydrogen) atoms. The van der Waals surface area contributed by atoms with E-state index in [9.17, 15) is 14.9 Å². The van der Waals surface area contributed by atoms with Crippen LogP contribution in [0, 0.1) is 22.5 Å². The third-order valence-corrected chi connectivity index (χ3v) is 4.36. The van der Waals surface area contributed by atoms with Crippen molar-refractivity contribution in [1.29, 1.82) is 0 Å². The summed E-state index contributed by atoms with van der Waals surface area (Å²) in [6.45, 7) is 6.17. The predicted octanol–water partition coefficient (Wildman–Crippen LogP) is 3.94. The average Bonchev–Trinajstić information content (AvgIpc) is 2.86. The number of hydrogen-bond acceptors (Lipinski definition) is 4. The third kappa shape index (κ3) is 3.18. The van der Waals surface area contributed by atoms with Crippen LogP contribution in [0.15, 0.2) is 34.7 Å². The number of nitrogens with one attached hydrogen (secondary N) is 1. The summed E-state index contributed by atoms with van der Waals surface area (Å²) < 4.78 is 5.77. The van der Waals surface area contributed by atoms with E-state index in [1.165, 1.54) is 18.2 Å². The van der Waals surface area contributed by atoms with Crippen LogP contribution in [0.4, 0.5) is 5.69 Å². The molecular formula is C18H20N2O4. The SMILES string of the molecule is Cc1cc2c(o1)CC(C)(C)C[C@H]2NC(=O)c1cccc([N+](=O)[O-])c1. The minimum absolute atomic E-state index is 0.0118. The van der Waals surface area contributed by atoms with Gasteiger partial charge in [-0.05, 0) is 30.9 Å². The number of furan rings is 1. The van der Waals surface area contributed by atoms with Crippen molar-refractivity contribution in [2.45, 2.75) is 39.7 Å². The van der Waals surface area contributed by atoms with Gasteiger partial charge in [-0.2, -0.15) is 0 Å². The molecule has 0 aliphatic heterocycles. The van der Waals surface area contributed by atoms with Crippen LogP contribution < -0.4 is 5.32 Å². The van der Waals surface area contributed by atoms with Crippen molar-refractivity contribution in [1.82, 2.24) is 5.32 Å². The summed E-state index contributed by atoms with van der Waals surface area (Å²) in [6, 6.07) is 7.57. The molecule has 1 heterocycles. The summed E-state index contributed by atoms with van der Waals surface area (Å²) in [7, 11) is 0. The Morgan fingerprint density at radius 2 is 2.12 bits per heavy atom. The predicted molar refractivity (Wildman–Crippen MR) is 88.9 cm³/mol. The third-order valence-electron chi connectivity index (χ3n) is 4.36. The molecule has 1 aromatic heterocycles. The Hall–Kier alpha value is -2.63. The van der Waals surface area contributed by atoms with E-state index in [4.69, 9.17) is 4.42 Å². The lowest BCUT2D eigenvalue weighted by Gasteiger charge is -2.34. The van der Waals surface area contributed by atoms with Gasteiger partial charge in [0.1, 0.15) is 11.5 Å². The molecule has 3 rings (SSSR count). The van der Waals surface area contributed by atoms with Crippen LogP contribution in [0.3, 0.4) is 0 Å². The van der Waals surface area contributed by atoms with Gasteiger partial charge in [0.2, 0.25) is 0 Å². The number of benzene rings is 1. The van der Waals surface area contributed by atoms with Crippen LogP contribution in [0.25, 0.3) is 0 Å². The van der Waals surface area contributed by atoms with Gasteiger partial charge in [-0.15, -0.1) is 0 Å². The first-order valence-corrected chi connectivity index (χ1v) is 7.90. The number of carbonyl (C=O) groups is 1. The van der Waals surface area contributed by atoms with Gasteiger partial charge >= 0.3 is 0 Å². The van der Waals surface area contributed by atoms with Crippen LogP contribution in [-0.4, -0.2) is 10.8 Å². The number of fused-ring (bicyclic) bond motifs is 1. The Kier molecular flexibility index (Phi) is 3.91. The number of aryl methyl sites for hydroxylation is 1. The molecule has 6 nitrogen and oxygen atoms in total. The molecule has 0 saturated heterocycles. The minimum atomic E-state index is -0.502. The van der Waals surface area contributed by atoms with E-state index >= 15 is 0 Å². The van der Waals surface area contributed by atoms with Crippen molar-refractivity contribution in [3.05, 3.63) is 63.1 Å². The fourth-order valence-corrected chi connectivity index (χ4v) is 3.32. The summed E-state index contributed by atoms with van der Waals surface area (Å²) >= 11 is 0. The normalized spacial score (nSPS) is 18.7. The van der Waals surface area contributed by atoms with Crippen molar-refractivity contribution in [2.24, 2.45) is 5.41 Å². The Morgan fingerprint density at radius 1 is 1.38 bits per heavy atom. The summed E-state index contributed by atoms with van der Waals surface area (Å²) in [5.74, 6) is 1.42. The molecule has 1 atom stereocenters. The first-order valence-electron chi connectivity index (χ1n) is 7.90. The molecule has 1 aliphatic rings. The Balaban J connectivity index is 1.86. The quantitative estimate of drug-likeness (QED) is 0.683. The molecule has 0 bridgehead atoms.